The van der Waals surface area contributed by atoms with Gasteiger partial charge in [-0.3, -0.25) is 4.79 Å². The van der Waals surface area contributed by atoms with Gasteiger partial charge in [-0.2, -0.15) is 11.8 Å². The lowest BCUT2D eigenvalue weighted by molar-refractivity contribution is -0.136. The van der Waals surface area contributed by atoms with Gasteiger partial charge < -0.3 is 5.11 Å². The minimum absolute atomic E-state index is 0.199. The molecule has 1 aliphatic heterocycles. The van der Waals surface area contributed by atoms with E-state index in [1.807, 2.05) is 18.7 Å². The van der Waals surface area contributed by atoms with E-state index in [4.69, 9.17) is 5.11 Å². The molecule has 0 saturated carbocycles. The Balaban J connectivity index is 1.87. The summed E-state index contributed by atoms with van der Waals surface area (Å²) in [6, 6.07) is 8.53. The summed E-state index contributed by atoms with van der Waals surface area (Å²) in [5.41, 5.74) is 1.44. The first-order chi connectivity index (χ1) is 8.16. The van der Waals surface area contributed by atoms with Gasteiger partial charge in [0.15, 0.2) is 0 Å². The maximum atomic E-state index is 10.6. The summed E-state index contributed by atoms with van der Waals surface area (Å²) < 4.78 is 0. The molecule has 1 N–H and O–H groups in total. The lowest BCUT2D eigenvalue weighted by atomic mass is 10.0. The average molecular weight is 268 g/mol. The average Bonchev–Trinajstić information content (AvgIpc) is 2.69. The molecule has 2 unspecified atom stereocenters. The zero-order chi connectivity index (χ0) is 12.3. The summed E-state index contributed by atoms with van der Waals surface area (Å²) in [6.45, 7) is 1.99. The first kappa shape index (κ1) is 12.8. The quantitative estimate of drug-likeness (QED) is 0.887. The van der Waals surface area contributed by atoms with Gasteiger partial charge in [0, 0.05) is 27.6 Å². The molecule has 2 nitrogen and oxygen atoms in total. The van der Waals surface area contributed by atoms with Crippen LogP contribution >= 0.6 is 23.5 Å². The van der Waals surface area contributed by atoms with E-state index in [0.717, 1.165) is 11.5 Å². The third-order valence-corrected chi connectivity index (χ3v) is 5.43. The van der Waals surface area contributed by atoms with Crippen LogP contribution in [0, 0.1) is 0 Å². The monoisotopic (exact) mass is 268 g/mol. The van der Waals surface area contributed by atoms with Crippen LogP contribution in [-0.4, -0.2) is 27.8 Å². The van der Waals surface area contributed by atoms with E-state index in [9.17, 15) is 4.79 Å². The van der Waals surface area contributed by atoms with E-state index in [1.54, 1.807) is 11.8 Å². The van der Waals surface area contributed by atoms with Gasteiger partial charge in [0.1, 0.15) is 0 Å². The molecule has 0 aliphatic carbocycles. The molecule has 0 aromatic heterocycles. The third-order valence-electron chi connectivity index (χ3n) is 2.84. The number of fused-ring (bicyclic) bond motifs is 1. The van der Waals surface area contributed by atoms with Crippen molar-refractivity contribution in [3.63, 3.8) is 0 Å². The Morgan fingerprint density at radius 3 is 3.12 bits per heavy atom. The van der Waals surface area contributed by atoms with Crippen LogP contribution in [0.5, 0.6) is 0 Å². The lowest BCUT2D eigenvalue weighted by Crippen LogP contribution is -2.09. The predicted molar refractivity (Wildman–Crippen MR) is 74.1 cm³/mol. The molecule has 0 amide bonds. The molecule has 0 bridgehead atoms. The van der Waals surface area contributed by atoms with Crippen LogP contribution < -0.4 is 0 Å². The largest absolute Gasteiger partial charge is 0.481 e. The number of carbonyl (C=O) groups is 1. The molecular weight excluding hydrogens is 252 g/mol. The molecule has 4 heteroatoms. The standard InChI is InChI=1S/C13H16O2S2/c1-9(6-13(14)15)16-7-10-8-17-12-5-3-2-4-11(10)12/h2-5,9-10H,6-8H2,1H3,(H,14,15). The molecule has 1 aromatic rings. The molecule has 0 radical (unpaired) electrons. The SMILES string of the molecule is CC(CC(=O)O)SCC1CSc2ccccc21. The van der Waals surface area contributed by atoms with Crippen molar-refractivity contribution in [2.75, 3.05) is 11.5 Å². The van der Waals surface area contributed by atoms with Crippen LogP contribution in [0.4, 0.5) is 0 Å². The normalized spacial score (nSPS) is 19.9. The highest BCUT2D eigenvalue weighted by molar-refractivity contribution is 8.00. The Bertz CT molecular complexity index is 406. The number of rotatable bonds is 5. The highest BCUT2D eigenvalue weighted by Crippen LogP contribution is 2.41. The van der Waals surface area contributed by atoms with Gasteiger partial charge in [-0.05, 0) is 11.6 Å². The molecule has 1 aromatic carbocycles. The van der Waals surface area contributed by atoms with Gasteiger partial charge in [-0.25, -0.2) is 0 Å². The molecule has 2 atom stereocenters. The molecule has 1 aliphatic rings. The zero-order valence-corrected chi connectivity index (χ0v) is 11.4. The summed E-state index contributed by atoms with van der Waals surface area (Å²) >= 11 is 3.68. The van der Waals surface area contributed by atoms with Crippen molar-refractivity contribution in [1.82, 2.24) is 0 Å². The smallest absolute Gasteiger partial charge is 0.304 e. The topological polar surface area (TPSA) is 37.3 Å². The van der Waals surface area contributed by atoms with Crippen molar-refractivity contribution >= 4 is 29.5 Å². The molecule has 2 rings (SSSR count). The fourth-order valence-electron chi connectivity index (χ4n) is 1.95. The molecule has 1 heterocycles. The number of benzene rings is 1. The fraction of sp³-hybridized carbons (Fsp3) is 0.462. The van der Waals surface area contributed by atoms with Crippen LogP contribution in [-0.2, 0) is 4.79 Å². The molecule has 17 heavy (non-hydrogen) atoms. The number of hydrogen-bond donors (Lipinski definition) is 1. The van der Waals surface area contributed by atoms with Gasteiger partial charge in [-0.15, -0.1) is 11.8 Å². The van der Waals surface area contributed by atoms with Gasteiger partial charge in [-0.1, -0.05) is 25.1 Å². The highest BCUT2D eigenvalue weighted by atomic mass is 32.2. The lowest BCUT2D eigenvalue weighted by Gasteiger charge is -2.13. The third kappa shape index (κ3) is 3.42. The number of hydrogen-bond acceptors (Lipinski definition) is 3. The van der Waals surface area contributed by atoms with Crippen molar-refractivity contribution in [2.24, 2.45) is 0 Å². The second-order valence-electron chi connectivity index (χ2n) is 4.29. The number of carboxylic acid groups (broad SMARTS) is 1. The predicted octanol–water partition coefficient (Wildman–Crippen LogP) is 3.47. The second-order valence-corrected chi connectivity index (χ2v) is 6.82. The van der Waals surface area contributed by atoms with Crippen LogP contribution in [0.15, 0.2) is 29.2 Å². The zero-order valence-electron chi connectivity index (χ0n) is 9.76. The van der Waals surface area contributed by atoms with Crippen LogP contribution in [0.2, 0.25) is 0 Å². The van der Waals surface area contributed by atoms with Gasteiger partial charge in [0.2, 0.25) is 0 Å². The van der Waals surface area contributed by atoms with E-state index >= 15 is 0 Å². The van der Waals surface area contributed by atoms with Crippen molar-refractivity contribution in [2.45, 2.75) is 29.4 Å². The summed E-state index contributed by atoms with van der Waals surface area (Å²) in [4.78, 5) is 12.0. The van der Waals surface area contributed by atoms with Crippen LogP contribution in [0.25, 0.3) is 0 Å². The maximum absolute atomic E-state index is 10.6. The van der Waals surface area contributed by atoms with E-state index in [-0.39, 0.29) is 11.7 Å². The van der Waals surface area contributed by atoms with Crippen molar-refractivity contribution in [3.05, 3.63) is 29.8 Å². The van der Waals surface area contributed by atoms with Gasteiger partial charge in [0.25, 0.3) is 0 Å². The number of thioether (sulfide) groups is 2. The first-order valence-corrected chi connectivity index (χ1v) is 7.75. The van der Waals surface area contributed by atoms with E-state index in [0.29, 0.717) is 5.92 Å². The summed E-state index contributed by atoms with van der Waals surface area (Å²) in [7, 11) is 0. The highest BCUT2D eigenvalue weighted by Gasteiger charge is 2.23. The molecule has 0 fully saturated rings. The summed E-state index contributed by atoms with van der Waals surface area (Å²) in [5, 5.41) is 8.92. The first-order valence-electron chi connectivity index (χ1n) is 5.72. The number of carboxylic acids is 1. The van der Waals surface area contributed by atoms with Crippen LogP contribution in [0.1, 0.15) is 24.8 Å². The number of aliphatic carboxylic acids is 1. The Morgan fingerprint density at radius 2 is 2.35 bits per heavy atom. The van der Waals surface area contributed by atoms with Crippen LogP contribution in [0.3, 0.4) is 0 Å². The van der Waals surface area contributed by atoms with Crippen molar-refractivity contribution in [1.29, 1.82) is 0 Å². The Hall–Kier alpha value is -0.610. The Kier molecular flexibility index (Phi) is 4.40. The van der Waals surface area contributed by atoms with Crippen molar-refractivity contribution < 1.29 is 9.90 Å². The minimum atomic E-state index is -0.703. The van der Waals surface area contributed by atoms with Crippen molar-refractivity contribution in [3.8, 4) is 0 Å². The van der Waals surface area contributed by atoms with E-state index in [2.05, 4.69) is 24.3 Å². The fourth-order valence-corrected chi connectivity index (χ4v) is 4.47. The molecule has 92 valence electrons. The minimum Gasteiger partial charge on any atom is -0.481 e. The Labute approximate surface area is 110 Å². The van der Waals surface area contributed by atoms with Gasteiger partial charge in [0.05, 0.1) is 6.42 Å². The maximum Gasteiger partial charge on any atom is 0.304 e. The van der Waals surface area contributed by atoms with E-state index in [1.165, 1.54) is 10.5 Å². The summed E-state index contributed by atoms with van der Waals surface area (Å²) in [5.74, 6) is 2.04. The molecular formula is C13H16O2S2. The molecule has 0 saturated heterocycles. The summed E-state index contributed by atoms with van der Waals surface area (Å²) in [6.07, 6.45) is 0.256. The van der Waals surface area contributed by atoms with Gasteiger partial charge >= 0.3 is 5.97 Å². The second kappa shape index (κ2) is 5.83. The van der Waals surface area contributed by atoms with E-state index < -0.39 is 5.97 Å². The Morgan fingerprint density at radius 1 is 1.59 bits per heavy atom. The molecule has 0 spiro atoms.